The highest BCUT2D eigenvalue weighted by Gasteiger charge is 2.10. The summed E-state index contributed by atoms with van der Waals surface area (Å²) in [5, 5.41) is 0. The predicted octanol–water partition coefficient (Wildman–Crippen LogP) is 5.38. The second-order valence-electron chi connectivity index (χ2n) is 4.98. The summed E-state index contributed by atoms with van der Waals surface area (Å²) in [6, 6.07) is 10.9. The molecule has 0 aromatic heterocycles. The monoisotopic (exact) mass is 256 g/mol. The van der Waals surface area contributed by atoms with Crippen molar-refractivity contribution in [2.24, 2.45) is 0 Å². The number of hydrogen-bond donors (Lipinski definition) is 0. The lowest BCUT2D eigenvalue weighted by atomic mass is 10.1. The highest BCUT2D eigenvalue weighted by Crippen LogP contribution is 2.37. The molecule has 94 valence electrons. The molecule has 0 atom stereocenters. The Labute approximate surface area is 114 Å². The van der Waals surface area contributed by atoms with Gasteiger partial charge in [0.25, 0.3) is 0 Å². The molecule has 1 heteroatoms. The Kier molecular flexibility index (Phi) is 3.82. The predicted molar refractivity (Wildman–Crippen MR) is 80.7 cm³/mol. The summed E-state index contributed by atoms with van der Waals surface area (Å²) >= 11 is 1.91. The molecule has 0 spiro atoms. The molecule has 0 saturated carbocycles. The fourth-order valence-corrected chi connectivity index (χ4v) is 3.35. The molecule has 0 radical (unpaired) electrons. The molecule has 0 aliphatic heterocycles. The quantitative estimate of drug-likeness (QED) is 0.695. The van der Waals surface area contributed by atoms with Crippen molar-refractivity contribution in [3.63, 3.8) is 0 Å². The van der Waals surface area contributed by atoms with E-state index in [9.17, 15) is 0 Å². The summed E-state index contributed by atoms with van der Waals surface area (Å²) in [7, 11) is 0. The van der Waals surface area contributed by atoms with Crippen LogP contribution in [0.1, 0.15) is 27.8 Å². The lowest BCUT2D eigenvalue weighted by molar-refractivity contribution is 1.15. The standard InChI is InChI=1S/C17H20S/c1-11-9-10-14(4)17(15(11)5)18-16-12(2)7-6-8-13(16)3/h6-10H,1-5H3. The number of rotatable bonds is 2. The van der Waals surface area contributed by atoms with E-state index in [2.05, 4.69) is 65.0 Å². The Morgan fingerprint density at radius 1 is 0.611 bits per heavy atom. The van der Waals surface area contributed by atoms with Gasteiger partial charge in [0.2, 0.25) is 0 Å². The second-order valence-corrected chi connectivity index (χ2v) is 6.00. The van der Waals surface area contributed by atoms with Gasteiger partial charge in [0, 0.05) is 9.79 Å². The SMILES string of the molecule is Cc1ccc(C)c(Sc2c(C)cccc2C)c1C. The fraction of sp³-hybridized carbons (Fsp3) is 0.294. The topological polar surface area (TPSA) is 0 Å². The molecule has 2 aromatic rings. The van der Waals surface area contributed by atoms with E-state index in [1.54, 1.807) is 0 Å². The summed E-state index contributed by atoms with van der Waals surface area (Å²) in [6.45, 7) is 11.0. The van der Waals surface area contributed by atoms with Crippen molar-refractivity contribution in [1.29, 1.82) is 0 Å². The van der Waals surface area contributed by atoms with Crippen molar-refractivity contribution < 1.29 is 0 Å². The summed E-state index contributed by atoms with van der Waals surface area (Å²) in [5.74, 6) is 0. The van der Waals surface area contributed by atoms with Gasteiger partial charge in [-0.1, -0.05) is 42.1 Å². The van der Waals surface area contributed by atoms with Gasteiger partial charge in [-0.25, -0.2) is 0 Å². The summed E-state index contributed by atoms with van der Waals surface area (Å²) in [6.07, 6.45) is 0. The number of benzene rings is 2. The molecule has 0 fully saturated rings. The summed E-state index contributed by atoms with van der Waals surface area (Å²) < 4.78 is 0. The Bertz CT molecular complexity index is 562. The first-order chi connectivity index (χ1) is 8.50. The summed E-state index contributed by atoms with van der Waals surface area (Å²) in [5.41, 5.74) is 6.86. The Hall–Kier alpha value is -1.21. The molecule has 18 heavy (non-hydrogen) atoms. The Morgan fingerprint density at radius 2 is 1.11 bits per heavy atom. The van der Waals surface area contributed by atoms with Crippen molar-refractivity contribution in [2.75, 3.05) is 0 Å². The molecule has 0 aliphatic carbocycles. The van der Waals surface area contributed by atoms with Crippen molar-refractivity contribution >= 4 is 11.8 Å². The van der Waals surface area contributed by atoms with Gasteiger partial charge in [0.05, 0.1) is 0 Å². The van der Waals surface area contributed by atoms with Gasteiger partial charge in [-0.15, -0.1) is 0 Å². The lowest BCUT2D eigenvalue weighted by Crippen LogP contribution is -1.91. The highest BCUT2D eigenvalue weighted by molar-refractivity contribution is 7.99. The molecule has 0 nitrogen and oxygen atoms in total. The van der Waals surface area contributed by atoms with Crippen LogP contribution in [-0.4, -0.2) is 0 Å². The van der Waals surface area contributed by atoms with E-state index >= 15 is 0 Å². The normalized spacial score (nSPS) is 10.7. The van der Waals surface area contributed by atoms with E-state index in [1.807, 2.05) is 11.8 Å². The zero-order chi connectivity index (χ0) is 13.3. The smallest absolute Gasteiger partial charge is 0.0183 e. The first-order valence-corrected chi connectivity index (χ1v) is 7.13. The number of hydrogen-bond acceptors (Lipinski definition) is 1. The Balaban J connectivity index is 2.50. The maximum atomic E-state index is 2.22. The second kappa shape index (κ2) is 5.19. The van der Waals surface area contributed by atoms with Crippen molar-refractivity contribution in [2.45, 2.75) is 44.4 Å². The first kappa shape index (κ1) is 13.2. The maximum absolute atomic E-state index is 2.22. The van der Waals surface area contributed by atoms with Crippen LogP contribution in [0, 0.1) is 34.6 Å². The van der Waals surface area contributed by atoms with Gasteiger partial charge >= 0.3 is 0 Å². The average molecular weight is 256 g/mol. The molecule has 2 rings (SSSR count). The van der Waals surface area contributed by atoms with Gasteiger partial charge < -0.3 is 0 Å². The molecule has 2 aromatic carbocycles. The molecule has 0 saturated heterocycles. The largest absolute Gasteiger partial charge is 0.0890 e. The molecular formula is C17H20S. The molecule has 0 aliphatic rings. The van der Waals surface area contributed by atoms with Crippen LogP contribution in [0.4, 0.5) is 0 Å². The van der Waals surface area contributed by atoms with Crippen LogP contribution in [0.25, 0.3) is 0 Å². The molecule has 0 N–H and O–H groups in total. The molecule has 0 unspecified atom stereocenters. The van der Waals surface area contributed by atoms with Crippen LogP contribution in [-0.2, 0) is 0 Å². The third-order valence-electron chi connectivity index (χ3n) is 3.49. The van der Waals surface area contributed by atoms with Crippen molar-refractivity contribution in [3.05, 3.63) is 58.1 Å². The third kappa shape index (κ3) is 2.46. The van der Waals surface area contributed by atoms with Crippen LogP contribution in [0.2, 0.25) is 0 Å². The number of aryl methyl sites for hydroxylation is 4. The lowest BCUT2D eigenvalue weighted by Gasteiger charge is -2.14. The van der Waals surface area contributed by atoms with Gasteiger partial charge in [-0.05, 0) is 62.4 Å². The van der Waals surface area contributed by atoms with E-state index in [4.69, 9.17) is 0 Å². The van der Waals surface area contributed by atoms with E-state index < -0.39 is 0 Å². The van der Waals surface area contributed by atoms with E-state index in [0.717, 1.165) is 0 Å². The van der Waals surface area contributed by atoms with E-state index in [0.29, 0.717) is 0 Å². The van der Waals surface area contributed by atoms with Crippen molar-refractivity contribution in [1.82, 2.24) is 0 Å². The molecule has 0 heterocycles. The van der Waals surface area contributed by atoms with Crippen LogP contribution in [0.3, 0.4) is 0 Å². The summed E-state index contributed by atoms with van der Waals surface area (Å²) in [4.78, 5) is 2.81. The maximum Gasteiger partial charge on any atom is 0.0183 e. The van der Waals surface area contributed by atoms with Gasteiger partial charge in [-0.3, -0.25) is 0 Å². The molecular weight excluding hydrogens is 236 g/mol. The zero-order valence-corrected chi connectivity index (χ0v) is 12.6. The van der Waals surface area contributed by atoms with Gasteiger partial charge in [0.15, 0.2) is 0 Å². The van der Waals surface area contributed by atoms with Gasteiger partial charge in [-0.2, -0.15) is 0 Å². The zero-order valence-electron chi connectivity index (χ0n) is 11.8. The minimum absolute atomic E-state index is 1.36. The first-order valence-electron chi connectivity index (χ1n) is 6.31. The van der Waals surface area contributed by atoms with Crippen LogP contribution in [0.15, 0.2) is 40.1 Å². The molecule has 0 bridgehead atoms. The molecule has 0 amide bonds. The van der Waals surface area contributed by atoms with Crippen molar-refractivity contribution in [3.8, 4) is 0 Å². The van der Waals surface area contributed by atoms with Crippen LogP contribution in [0.5, 0.6) is 0 Å². The van der Waals surface area contributed by atoms with Gasteiger partial charge in [0.1, 0.15) is 0 Å². The minimum Gasteiger partial charge on any atom is -0.0890 e. The minimum atomic E-state index is 1.36. The average Bonchev–Trinajstić information content (AvgIpc) is 2.33. The van der Waals surface area contributed by atoms with E-state index in [-0.39, 0.29) is 0 Å². The van der Waals surface area contributed by atoms with Crippen LogP contribution >= 0.6 is 11.8 Å². The van der Waals surface area contributed by atoms with Crippen LogP contribution < -0.4 is 0 Å². The Morgan fingerprint density at radius 3 is 1.72 bits per heavy atom. The highest BCUT2D eigenvalue weighted by atomic mass is 32.2. The van der Waals surface area contributed by atoms with E-state index in [1.165, 1.54) is 37.6 Å². The third-order valence-corrected chi connectivity index (χ3v) is 5.17. The fourth-order valence-electron chi connectivity index (χ4n) is 2.14.